The molecule has 0 saturated heterocycles. The van der Waals surface area contributed by atoms with Gasteiger partial charge in [0.25, 0.3) is 0 Å². The van der Waals surface area contributed by atoms with E-state index in [2.05, 4.69) is 9.97 Å². The lowest BCUT2D eigenvalue weighted by Gasteiger charge is -1.94. The first-order valence-corrected chi connectivity index (χ1v) is 5.17. The summed E-state index contributed by atoms with van der Waals surface area (Å²) in [5.41, 5.74) is 1.21. The highest BCUT2D eigenvalue weighted by Gasteiger charge is 2.11. The first-order valence-electron chi connectivity index (χ1n) is 4.29. The maximum Gasteiger partial charge on any atom is 0.206 e. The SMILES string of the molecule is O=C(c1cncnc1)c1cc(CO)cs1. The number of hydrogen-bond donors (Lipinski definition) is 1. The third-order valence-electron chi connectivity index (χ3n) is 1.88. The summed E-state index contributed by atoms with van der Waals surface area (Å²) in [6.07, 6.45) is 4.34. The Kier molecular flexibility index (Phi) is 2.84. The van der Waals surface area contributed by atoms with Crippen molar-refractivity contribution >= 4 is 17.1 Å². The van der Waals surface area contributed by atoms with Crippen molar-refractivity contribution in [2.45, 2.75) is 6.61 Å². The fourth-order valence-corrected chi connectivity index (χ4v) is 2.00. The van der Waals surface area contributed by atoms with E-state index in [-0.39, 0.29) is 12.4 Å². The lowest BCUT2D eigenvalue weighted by molar-refractivity contribution is 0.104. The van der Waals surface area contributed by atoms with Gasteiger partial charge in [-0.25, -0.2) is 9.97 Å². The fraction of sp³-hybridized carbons (Fsp3) is 0.100. The summed E-state index contributed by atoms with van der Waals surface area (Å²) in [6, 6.07) is 1.68. The highest BCUT2D eigenvalue weighted by atomic mass is 32.1. The quantitative estimate of drug-likeness (QED) is 0.791. The zero-order chi connectivity index (χ0) is 10.7. The lowest BCUT2D eigenvalue weighted by Crippen LogP contribution is -1.99. The molecule has 5 heteroatoms. The molecule has 0 radical (unpaired) electrons. The molecule has 2 aromatic heterocycles. The molecule has 4 nitrogen and oxygen atoms in total. The molecular formula is C10H8N2O2S. The Hall–Kier alpha value is -1.59. The zero-order valence-corrected chi connectivity index (χ0v) is 8.57. The van der Waals surface area contributed by atoms with Crippen LogP contribution in [0.5, 0.6) is 0 Å². The van der Waals surface area contributed by atoms with Crippen LogP contribution in [0.2, 0.25) is 0 Å². The van der Waals surface area contributed by atoms with Crippen LogP contribution in [0.25, 0.3) is 0 Å². The second kappa shape index (κ2) is 4.29. The molecular weight excluding hydrogens is 212 g/mol. The predicted octanol–water partition coefficient (Wildman–Crippen LogP) is 1.26. The van der Waals surface area contributed by atoms with Gasteiger partial charge in [-0.1, -0.05) is 0 Å². The molecule has 0 aromatic carbocycles. The summed E-state index contributed by atoms with van der Waals surface area (Å²) < 4.78 is 0. The van der Waals surface area contributed by atoms with Crippen LogP contribution in [0.4, 0.5) is 0 Å². The first-order chi connectivity index (χ1) is 7.31. The number of aliphatic hydroxyl groups is 1. The standard InChI is InChI=1S/C10H8N2O2S/c13-4-7-1-9(15-5-7)10(14)8-2-11-6-12-3-8/h1-3,5-6,13H,4H2. The average Bonchev–Trinajstić information content (AvgIpc) is 2.78. The molecule has 0 aliphatic carbocycles. The van der Waals surface area contributed by atoms with E-state index < -0.39 is 0 Å². The number of ketones is 1. The molecule has 0 aliphatic heterocycles. The first kappa shape index (κ1) is 9.95. The number of nitrogens with zero attached hydrogens (tertiary/aromatic N) is 2. The predicted molar refractivity (Wildman–Crippen MR) is 55.7 cm³/mol. The molecule has 0 spiro atoms. The lowest BCUT2D eigenvalue weighted by atomic mass is 10.2. The fourth-order valence-electron chi connectivity index (χ4n) is 1.14. The third kappa shape index (κ3) is 2.08. The third-order valence-corrected chi connectivity index (χ3v) is 2.86. The van der Waals surface area contributed by atoms with Crippen molar-refractivity contribution in [3.05, 3.63) is 46.2 Å². The largest absolute Gasteiger partial charge is 0.392 e. The van der Waals surface area contributed by atoms with Gasteiger partial charge < -0.3 is 5.11 Å². The molecule has 2 heterocycles. The number of aliphatic hydroxyl groups excluding tert-OH is 1. The van der Waals surface area contributed by atoms with Gasteiger partial charge in [0.15, 0.2) is 0 Å². The second-order valence-electron chi connectivity index (χ2n) is 2.93. The Labute approximate surface area is 90.3 Å². The van der Waals surface area contributed by atoms with Gasteiger partial charge in [-0.3, -0.25) is 4.79 Å². The van der Waals surface area contributed by atoms with E-state index in [1.54, 1.807) is 11.4 Å². The summed E-state index contributed by atoms with van der Waals surface area (Å²) >= 11 is 1.31. The minimum absolute atomic E-state index is 0.0466. The van der Waals surface area contributed by atoms with Crippen LogP contribution in [0, 0.1) is 0 Å². The van der Waals surface area contributed by atoms with Gasteiger partial charge in [-0.05, 0) is 17.0 Å². The second-order valence-corrected chi connectivity index (χ2v) is 3.84. The highest BCUT2D eigenvalue weighted by molar-refractivity contribution is 7.12. The van der Waals surface area contributed by atoms with Crippen LogP contribution in [-0.4, -0.2) is 20.9 Å². The monoisotopic (exact) mass is 220 g/mol. The van der Waals surface area contributed by atoms with Gasteiger partial charge in [0.2, 0.25) is 5.78 Å². The number of carbonyl (C=O) groups excluding carboxylic acids is 1. The molecule has 0 saturated carbocycles. The molecule has 0 aliphatic rings. The number of carbonyl (C=O) groups is 1. The summed E-state index contributed by atoms with van der Waals surface area (Å²) in [4.78, 5) is 20.0. The molecule has 15 heavy (non-hydrogen) atoms. The molecule has 0 atom stereocenters. The Balaban J connectivity index is 2.29. The van der Waals surface area contributed by atoms with Crippen molar-refractivity contribution in [2.24, 2.45) is 0 Å². The van der Waals surface area contributed by atoms with E-state index in [0.717, 1.165) is 5.56 Å². The molecule has 0 bridgehead atoms. The molecule has 76 valence electrons. The minimum Gasteiger partial charge on any atom is -0.392 e. The van der Waals surface area contributed by atoms with Crippen molar-refractivity contribution in [2.75, 3.05) is 0 Å². The van der Waals surface area contributed by atoms with Crippen LogP contribution in [0.15, 0.2) is 30.2 Å². The average molecular weight is 220 g/mol. The summed E-state index contributed by atoms with van der Waals surface area (Å²) in [5.74, 6) is -0.111. The Morgan fingerprint density at radius 1 is 1.40 bits per heavy atom. The van der Waals surface area contributed by atoms with Crippen molar-refractivity contribution in [3.63, 3.8) is 0 Å². The van der Waals surface area contributed by atoms with Gasteiger partial charge in [-0.2, -0.15) is 0 Å². The van der Waals surface area contributed by atoms with E-state index in [0.29, 0.717) is 10.4 Å². The summed E-state index contributed by atoms with van der Waals surface area (Å²) in [5, 5.41) is 10.6. The maximum absolute atomic E-state index is 11.8. The number of thiophene rings is 1. The Morgan fingerprint density at radius 2 is 2.13 bits per heavy atom. The molecule has 1 N–H and O–H groups in total. The Bertz CT molecular complexity index is 467. The maximum atomic E-state index is 11.8. The molecule has 0 amide bonds. The van der Waals surface area contributed by atoms with Crippen LogP contribution in [0.3, 0.4) is 0 Å². The van der Waals surface area contributed by atoms with Crippen molar-refractivity contribution in [1.29, 1.82) is 0 Å². The van der Waals surface area contributed by atoms with E-state index in [9.17, 15) is 4.79 Å². The highest BCUT2D eigenvalue weighted by Crippen LogP contribution is 2.17. The molecule has 2 rings (SSSR count). The van der Waals surface area contributed by atoms with E-state index in [1.165, 1.54) is 30.1 Å². The van der Waals surface area contributed by atoms with Crippen molar-refractivity contribution in [3.8, 4) is 0 Å². The number of hydrogen-bond acceptors (Lipinski definition) is 5. The minimum atomic E-state index is -0.111. The van der Waals surface area contributed by atoms with E-state index >= 15 is 0 Å². The normalized spacial score (nSPS) is 10.2. The van der Waals surface area contributed by atoms with Gasteiger partial charge in [0, 0.05) is 12.4 Å². The van der Waals surface area contributed by atoms with Crippen LogP contribution < -0.4 is 0 Å². The van der Waals surface area contributed by atoms with Gasteiger partial charge in [0.1, 0.15) is 6.33 Å². The van der Waals surface area contributed by atoms with Crippen LogP contribution in [0.1, 0.15) is 20.8 Å². The van der Waals surface area contributed by atoms with Gasteiger partial charge in [0.05, 0.1) is 17.0 Å². The Morgan fingerprint density at radius 3 is 2.73 bits per heavy atom. The molecule has 0 fully saturated rings. The van der Waals surface area contributed by atoms with Gasteiger partial charge in [-0.15, -0.1) is 11.3 Å². The topological polar surface area (TPSA) is 63.1 Å². The van der Waals surface area contributed by atoms with Gasteiger partial charge >= 0.3 is 0 Å². The summed E-state index contributed by atoms with van der Waals surface area (Å²) in [6.45, 7) is -0.0466. The van der Waals surface area contributed by atoms with Crippen LogP contribution >= 0.6 is 11.3 Å². The molecule has 0 unspecified atom stereocenters. The summed E-state index contributed by atoms with van der Waals surface area (Å²) in [7, 11) is 0. The smallest absolute Gasteiger partial charge is 0.206 e. The van der Waals surface area contributed by atoms with Crippen LogP contribution in [-0.2, 0) is 6.61 Å². The number of aromatic nitrogens is 2. The van der Waals surface area contributed by atoms with E-state index in [4.69, 9.17) is 5.11 Å². The zero-order valence-electron chi connectivity index (χ0n) is 7.75. The number of rotatable bonds is 3. The van der Waals surface area contributed by atoms with E-state index in [1.807, 2.05) is 0 Å². The van der Waals surface area contributed by atoms with Crippen molar-refractivity contribution in [1.82, 2.24) is 9.97 Å². The molecule has 2 aromatic rings. The van der Waals surface area contributed by atoms with Crippen molar-refractivity contribution < 1.29 is 9.90 Å².